The number of methoxy groups -OCH3 is 1. The number of hydrogen-bond acceptors (Lipinski definition) is 6. The molecule has 1 atom stereocenters. The Labute approximate surface area is 138 Å². The largest absolute Gasteiger partial charge is 0.479 e. The topological polar surface area (TPSA) is 102 Å². The van der Waals surface area contributed by atoms with Crippen LogP contribution < -0.4 is 10.1 Å². The molecule has 1 saturated heterocycles. The Bertz CT molecular complexity index is 726. The Morgan fingerprint density at radius 2 is 2.29 bits per heavy atom. The van der Waals surface area contributed by atoms with E-state index in [2.05, 4.69) is 15.6 Å². The lowest BCUT2D eigenvalue weighted by molar-refractivity contribution is -0.132. The summed E-state index contributed by atoms with van der Waals surface area (Å²) in [5.41, 5.74) is -0.934. The van der Waals surface area contributed by atoms with Crippen molar-refractivity contribution in [3.05, 3.63) is 30.3 Å². The van der Waals surface area contributed by atoms with Crippen molar-refractivity contribution in [3.63, 3.8) is 0 Å². The number of nitrogens with one attached hydrogen (secondary N) is 1. The first-order valence-electron chi connectivity index (χ1n) is 7.63. The second-order valence-electron chi connectivity index (χ2n) is 5.63. The zero-order valence-corrected chi connectivity index (χ0v) is 13.6. The van der Waals surface area contributed by atoms with Crippen molar-refractivity contribution in [1.82, 2.24) is 25.2 Å². The molecule has 1 aliphatic heterocycles. The molecule has 1 fully saturated rings. The van der Waals surface area contributed by atoms with Gasteiger partial charge in [0.05, 0.1) is 19.7 Å². The van der Waals surface area contributed by atoms with Gasteiger partial charge in [-0.15, -0.1) is 0 Å². The summed E-state index contributed by atoms with van der Waals surface area (Å²) < 4.78 is 11.6. The van der Waals surface area contributed by atoms with Gasteiger partial charge in [0.2, 0.25) is 11.7 Å². The summed E-state index contributed by atoms with van der Waals surface area (Å²) in [4.78, 5) is 26.8. The molecule has 1 unspecified atom stereocenters. The van der Waals surface area contributed by atoms with Crippen LogP contribution in [0.2, 0.25) is 0 Å². The summed E-state index contributed by atoms with van der Waals surface area (Å²) in [7, 11) is 3.02. The lowest BCUT2D eigenvalue weighted by atomic mass is 9.87. The average molecular weight is 333 g/mol. The number of ether oxygens (including phenoxy) is 1. The van der Waals surface area contributed by atoms with E-state index in [9.17, 15) is 9.59 Å². The Balaban J connectivity index is 1.88. The molecule has 9 nitrogen and oxygen atoms in total. The summed E-state index contributed by atoms with van der Waals surface area (Å²) in [5.74, 6) is -0.190. The van der Waals surface area contributed by atoms with Crippen molar-refractivity contribution in [1.29, 1.82) is 0 Å². The average Bonchev–Trinajstić information content (AvgIpc) is 3.31. The van der Waals surface area contributed by atoms with E-state index in [0.717, 1.165) is 0 Å². The van der Waals surface area contributed by atoms with E-state index in [0.29, 0.717) is 19.4 Å². The van der Waals surface area contributed by atoms with Crippen molar-refractivity contribution >= 4 is 11.8 Å². The quantitative estimate of drug-likeness (QED) is 0.861. The standard InChI is InChI=1S/C15H19N5O4/c1-16-14(22)15(20-8-4-6-17-20)5-3-7-19(10-15)13(21)11-9-12(23-2)18-24-11/h4,6,8-9H,3,5,7,10H2,1-2H3,(H,16,22). The van der Waals surface area contributed by atoms with Crippen LogP contribution in [-0.2, 0) is 10.3 Å². The minimum Gasteiger partial charge on any atom is -0.479 e. The minimum absolute atomic E-state index is 0.0834. The third-order valence-corrected chi connectivity index (χ3v) is 4.26. The van der Waals surface area contributed by atoms with E-state index in [4.69, 9.17) is 9.26 Å². The second-order valence-corrected chi connectivity index (χ2v) is 5.63. The molecule has 2 aromatic rings. The monoisotopic (exact) mass is 333 g/mol. The molecular weight excluding hydrogens is 314 g/mol. The van der Waals surface area contributed by atoms with E-state index in [-0.39, 0.29) is 30.0 Å². The molecule has 0 radical (unpaired) electrons. The van der Waals surface area contributed by atoms with Crippen LogP contribution in [0.3, 0.4) is 0 Å². The molecule has 1 N–H and O–H groups in total. The number of carbonyl (C=O) groups is 2. The number of aromatic nitrogens is 3. The molecule has 0 aromatic carbocycles. The van der Waals surface area contributed by atoms with E-state index >= 15 is 0 Å². The maximum Gasteiger partial charge on any atom is 0.292 e. The number of amides is 2. The first-order valence-corrected chi connectivity index (χ1v) is 7.63. The number of hydrogen-bond donors (Lipinski definition) is 1. The van der Waals surface area contributed by atoms with Crippen molar-refractivity contribution in [3.8, 4) is 5.88 Å². The van der Waals surface area contributed by atoms with Crippen LogP contribution in [0.25, 0.3) is 0 Å². The number of carbonyl (C=O) groups excluding carboxylic acids is 2. The fraction of sp³-hybridized carbons (Fsp3) is 0.467. The number of piperidine rings is 1. The normalized spacial score (nSPS) is 20.7. The molecule has 1 aliphatic rings. The number of rotatable bonds is 4. The van der Waals surface area contributed by atoms with Gasteiger partial charge in [-0.05, 0) is 24.1 Å². The Morgan fingerprint density at radius 3 is 2.92 bits per heavy atom. The molecule has 0 spiro atoms. The fourth-order valence-electron chi connectivity index (χ4n) is 3.05. The van der Waals surface area contributed by atoms with Crippen LogP contribution in [0.4, 0.5) is 0 Å². The van der Waals surface area contributed by atoms with Crippen LogP contribution in [0, 0.1) is 0 Å². The summed E-state index contributed by atoms with van der Waals surface area (Å²) in [5, 5.41) is 10.6. The minimum atomic E-state index is -0.934. The molecule has 24 heavy (non-hydrogen) atoms. The SMILES string of the molecule is CNC(=O)C1(n2cccn2)CCCN(C(=O)c2cc(OC)no2)C1. The van der Waals surface area contributed by atoms with Crippen LogP contribution in [0.5, 0.6) is 5.88 Å². The predicted molar refractivity (Wildman–Crippen MR) is 82.5 cm³/mol. The fourth-order valence-corrected chi connectivity index (χ4v) is 3.05. The molecule has 128 valence electrons. The van der Waals surface area contributed by atoms with Crippen molar-refractivity contribution in [2.45, 2.75) is 18.4 Å². The highest BCUT2D eigenvalue weighted by Gasteiger charge is 2.45. The summed E-state index contributed by atoms with van der Waals surface area (Å²) in [6, 6.07) is 3.19. The second kappa shape index (κ2) is 6.34. The van der Waals surface area contributed by atoms with Gasteiger partial charge in [0.1, 0.15) is 0 Å². The highest BCUT2D eigenvalue weighted by atomic mass is 16.5. The van der Waals surface area contributed by atoms with Gasteiger partial charge in [-0.2, -0.15) is 5.10 Å². The number of likely N-dealkylation sites (tertiary alicyclic amines) is 1. The van der Waals surface area contributed by atoms with Crippen molar-refractivity contribution < 1.29 is 18.8 Å². The molecule has 9 heteroatoms. The Kier molecular flexibility index (Phi) is 4.24. The van der Waals surface area contributed by atoms with Gasteiger partial charge < -0.3 is 19.5 Å². The van der Waals surface area contributed by atoms with Gasteiger partial charge in [0.25, 0.3) is 11.8 Å². The van der Waals surface area contributed by atoms with Gasteiger partial charge >= 0.3 is 0 Å². The van der Waals surface area contributed by atoms with E-state index in [1.54, 1.807) is 35.1 Å². The molecule has 2 amide bonds. The molecular formula is C15H19N5O4. The van der Waals surface area contributed by atoms with Crippen LogP contribution >= 0.6 is 0 Å². The molecule has 3 heterocycles. The van der Waals surface area contributed by atoms with E-state index in [1.807, 2.05) is 0 Å². The van der Waals surface area contributed by atoms with Gasteiger partial charge in [0, 0.05) is 26.0 Å². The highest BCUT2D eigenvalue weighted by molar-refractivity contribution is 5.93. The number of nitrogens with zero attached hydrogens (tertiary/aromatic N) is 4. The predicted octanol–water partition coefficient (Wildman–Crippen LogP) is 0.257. The third-order valence-electron chi connectivity index (χ3n) is 4.26. The van der Waals surface area contributed by atoms with Crippen molar-refractivity contribution in [2.75, 3.05) is 27.2 Å². The zero-order chi connectivity index (χ0) is 17.2. The molecule has 0 bridgehead atoms. The Morgan fingerprint density at radius 1 is 1.46 bits per heavy atom. The Hall–Kier alpha value is -2.84. The van der Waals surface area contributed by atoms with Crippen LogP contribution in [-0.4, -0.2) is 58.9 Å². The van der Waals surface area contributed by atoms with Gasteiger partial charge in [-0.25, -0.2) is 0 Å². The molecule has 0 aliphatic carbocycles. The lowest BCUT2D eigenvalue weighted by Crippen LogP contribution is -2.59. The third kappa shape index (κ3) is 2.61. The molecule has 2 aromatic heterocycles. The summed E-state index contributed by atoms with van der Waals surface area (Å²) in [6.45, 7) is 0.734. The van der Waals surface area contributed by atoms with Crippen molar-refractivity contribution in [2.24, 2.45) is 0 Å². The summed E-state index contributed by atoms with van der Waals surface area (Å²) in [6.07, 6.45) is 4.62. The highest BCUT2D eigenvalue weighted by Crippen LogP contribution is 2.30. The first-order chi connectivity index (χ1) is 11.6. The van der Waals surface area contributed by atoms with Gasteiger partial charge in [-0.3, -0.25) is 14.3 Å². The number of likely N-dealkylation sites (N-methyl/N-ethyl adjacent to an activating group) is 1. The zero-order valence-electron chi connectivity index (χ0n) is 13.6. The maximum absolute atomic E-state index is 12.7. The van der Waals surface area contributed by atoms with Gasteiger partial charge in [-0.1, -0.05) is 0 Å². The van der Waals surface area contributed by atoms with Crippen LogP contribution in [0.1, 0.15) is 23.4 Å². The van der Waals surface area contributed by atoms with E-state index in [1.165, 1.54) is 13.2 Å². The van der Waals surface area contributed by atoms with Gasteiger partial charge in [0.15, 0.2) is 5.54 Å². The van der Waals surface area contributed by atoms with Crippen LogP contribution in [0.15, 0.2) is 29.0 Å². The summed E-state index contributed by atoms with van der Waals surface area (Å²) >= 11 is 0. The van der Waals surface area contributed by atoms with E-state index < -0.39 is 5.54 Å². The smallest absolute Gasteiger partial charge is 0.292 e. The first kappa shape index (κ1) is 16.0. The maximum atomic E-state index is 12.7. The molecule has 0 saturated carbocycles. The molecule has 3 rings (SSSR count). The lowest BCUT2D eigenvalue weighted by Gasteiger charge is -2.41.